The van der Waals surface area contributed by atoms with E-state index in [1.54, 1.807) is 13.0 Å². The summed E-state index contributed by atoms with van der Waals surface area (Å²) >= 11 is 0. The molecule has 0 fully saturated rings. The molecule has 6 nitrogen and oxygen atoms in total. The minimum atomic E-state index is -1.01. The molecule has 1 aromatic carbocycles. The molecule has 2 aromatic rings. The highest BCUT2D eigenvalue weighted by Gasteiger charge is 2.23. The minimum Gasteiger partial charge on any atom is -0.478 e. The summed E-state index contributed by atoms with van der Waals surface area (Å²) in [5.41, 5.74) is 2.08. The van der Waals surface area contributed by atoms with Crippen LogP contribution in [0.15, 0.2) is 16.7 Å². The predicted octanol–water partition coefficient (Wildman–Crippen LogP) is 3.15. The summed E-state index contributed by atoms with van der Waals surface area (Å²) in [7, 11) is 0. The van der Waals surface area contributed by atoms with Crippen molar-refractivity contribution >= 4 is 5.97 Å². The molecule has 1 unspecified atom stereocenters. The van der Waals surface area contributed by atoms with Crippen LogP contribution in [0.2, 0.25) is 0 Å². The van der Waals surface area contributed by atoms with E-state index in [-0.39, 0.29) is 17.6 Å². The topological polar surface area (TPSA) is 85.5 Å². The molecule has 0 radical (unpaired) electrons. The van der Waals surface area contributed by atoms with Crippen LogP contribution in [0, 0.1) is 13.8 Å². The SMILES string of the molecule is CCOC(C)c1noc(-c2c(C)ccc(C)c2C(=O)O)n1. The Labute approximate surface area is 122 Å². The Kier molecular flexibility index (Phi) is 4.37. The Hall–Kier alpha value is -2.21. The first kappa shape index (κ1) is 15.2. The number of nitrogens with zero attached hydrogens (tertiary/aromatic N) is 2. The number of benzene rings is 1. The second-order valence-electron chi connectivity index (χ2n) is 4.81. The van der Waals surface area contributed by atoms with Gasteiger partial charge in [-0.15, -0.1) is 0 Å². The summed E-state index contributed by atoms with van der Waals surface area (Å²) in [5.74, 6) is -0.400. The molecule has 0 spiro atoms. The first-order valence-electron chi connectivity index (χ1n) is 6.74. The van der Waals surface area contributed by atoms with Crippen LogP contribution in [-0.4, -0.2) is 27.8 Å². The summed E-state index contributed by atoms with van der Waals surface area (Å²) in [6.07, 6.45) is -0.300. The molecule has 0 bridgehead atoms. The fourth-order valence-electron chi connectivity index (χ4n) is 2.19. The van der Waals surface area contributed by atoms with Gasteiger partial charge in [-0.3, -0.25) is 0 Å². The van der Waals surface area contributed by atoms with Gasteiger partial charge in [-0.2, -0.15) is 4.98 Å². The van der Waals surface area contributed by atoms with Crippen LogP contribution in [0.5, 0.6) is 0 Å². The highest BCUT2D eigenvalue weighted by molar-refractivity contribution is 5.97. The van der Waals surface area contributed by atoms with Gasteiger partial charge in [0, 0.05) is 6.61 Å². The lowest BCUT2D eigenvalue weighted by Crippen LogP contribution is -2.05. The molecular formula is C15H18N2O4. The molecule has 0 saturated heterocycles. The second kappa shape index (κ2) is 6.05. The fraction of sp³-hybridized carbons (Fsp3) is 0.400. The van der Waals surface area contributed by atoms with Gasteiger partial charge in [-0.1, -0.05) is 17.3 Å². The lowest BCUT2D eigenvalue weighted by atomic mass is 9.97. The van der Waals surface area contributed by atoms with E-state index in [9.17, 15) is 9.90 Å². The molecule has 1 heterocycles. The smallest absolute Gasteiger partial charge is 0.336 e. The molecule has 21 heavy (non-hydrogen) atoms. The number of carbonyl (C=O) groups is 1. The van der Waals surface area contributed by atoms with Gasteiger partial charge in [-0.25, -0.2) is 4.79 Å². The average molecular weight is 290 g/mol. The largest absolute Gasteiger partial charge is 0.478 e. The van der Waals surface area contributed by atoms with Crippen LogP contribution in [0.4, 0.5) is 0 Å². The zero-order valence-corrected chi connectivity index (χ0v) is 12.5. The van der Waals surface area contributed by atoms with Crippen molar-refractivity contribution in [3.05, 3.63) is 34.6 Å². The number of carboxylic acids is 1. The Bertz CT molecular complexity index is 664. The molecule has 1 N–H and O–H groups in total. The Morgan fingerprint density at radius 3 is 2.67 bits per heavy atom. The van der Waals surface area contributed by atoms with Crippen LogP contribution in [-0.2, 0) is 4.74 Å². The van der Waals surface area contributed by atoms with Gasteiger partial charge in [0.25, 0.3) is 5.89 Å². The van der Waals surface area contributed by atoms with Gasteiger partial charge >= 0.3 is 5.97 Å². The van der Waals surface area contributed by atoms with Gasteiger partial charge < -0.3 is 14.4 Å². The third-order valence-corrected chi connectivity index (χ3v) is 3.27. The molecule has 0 saturated carbocycles. The zero-order chi connectivity index (χ0) is 15.6. The lowest BCUT2D eigenvalue weighted by Gasteiger charge is -2.08. The molecule has 0 aliphatic heterocycles. The first-order chi connectivity index (χ1) is 9.95. The van der Waals surface area contributed by atoms with E-state index >= 15 is 0 Å². The van der Waals surface area contributed by atoms with E-state index in [1.165, 1.54) is 0 Å². The summed E-state index contributed by atoms with van der Waals surface area (Å²) in [6, 6.07) is 3.61. The number of aryl methyl sites for hydroxylation is 2. The maximum absolute atomic E-state index is 11.5. The number of ether oxygens (including phenoxy) is 1. The molecular weight excluding hydrogens is 272 g/mol. The molecule has 0 amide bonds. The Morgan fingerprint density at radius 1 is 1.38 bits per heavy atom. The van der Waals surface area contributed by atoms with E-state index in [0.29, 0.717) is 23.6 Å². The normalized spacial score (nSPS) is 12.4. The van der Waals surface area contributed by atoms with Gasteiger partial charge in [0.05, 0.1) is 11.1 Å². The Morgan fingerprint density at radius 2 is 2.05 bits per heavy atom. The summed E-state index contributed by atoms with van der Waals surface area (Å²) in [5, 5.41) is 13.3. The summed E-state index contributed by atoms with van der Waals surface area (Å²) < 4.78 is 10.6. The number of aromatic carboxylic acids is 1. The van der Waals surface area contributed by atoms with Crippen molar-refractivity contribution < 1.29 is 19.2 Å². The molecule has 112 valence electrons. The molecule has 0 aliphatic rings. The van der Waals surface area contributed by atoms with Crippen LogP contribution in [0.25, 0.3) is 11.5 Å². The van der Waals surface area contributed by atoms with Crippen molar-refractivity contribution in [2.45, 2.75) is 33.8 Å². The van der Waals surface area contributed by atoms with Gasteiger partial charge in [0.1, 0.15) is 6.10 Å². The number of hydrogen-bond acceptors (Lipinski definition) is 5. The second-order valence-corrected chi connectivity index (χ2v) is 4.81. The molecule has 1 aromatic heterocycles. The molecule has 6 heteroatoms. The minimum absolute atomic E-state index is 0.189. The zero-order valence-electron chi connectivity index (χ0n) is 12.5. The standard InChI is InChI=1S/C15H18N2O4/c1-5-20-10(4)13-16-14(21-17-13)11-8(2)6-7-9(3)12(11)15(18)19/h6-7,10H,5H2,1-4H3,(H,18,19). The summed E-state index contributed by atoms with van der Waals surface area (Å²) in [4.78, 5) is 15.8. The predicted molar refractivity (Wildman–Crippen MR) is 76.2 cm³/mol. The van der Waals surface area contributed by atoms with Crippen LogP contribution >= 0.6 is 0 Å². The molecule has 1 atom stereocenters. The monoisotopic (exact) mass is 290 g/mol. The van der Waals surface area contributed by atoms with Crippen molar-refractivity contribution in [2.24, 2.45) is 0 Å². The average Bonchev–Trinajstić information content (AvgIpc) is 2.90. The third kappa shape index (κ3) is 2.95. The van der Waals surface area contributed by atoms with Crippen molar-refractivity contribution in [1.82, 2.24) is 10.1 Å². The highest BCUT2D eigenvalue weighted by Crippen LogP contribution is 2.29. The van der Waals surface area contributed by atoms with E-state index in [1.807, 2.05) is 26.8 Å². The molecule has 0 aliphatic carbocycles. The van der Waals surface area contributed by atoms with Crippen molar-refractivity contribution in [3.63, 3.8) is 0 Å². The fourth-order valence-corrected chi connectivity index (χ4v) is 2.19. The molecule has 2 rings (SSSR count). The van der Waals surface area contributed by atoms with E-state index in [2.05, 4.69) is 10.1 Å². The highest BCUT2D eigenvalue weighted by atomic mass is 16.5. The van der Waals surface area contributed by atoms with Gasteiger partial charge in [0.15, 0.2) is 0 Å². The van der Waals surface area contributed by atoms with Crippen LogP contribution in [0.1, 0.15) is 47.3 Å². The van der Waals surface area contributed by atoms with Crippen LogP contribution in [0.3, 0.4) is 0 Å². The van der Waals surface area contributed by atoms with Gasteiger partial charge in [-0.05, 0) is 38.8 Å². The third-order valence-electron chi connectivity index (χ3n) is 3.27. The number of hydrogen-bond donors (Lipinski definition) is 1. The quantitative estimate of drug-likeness (QED) is 0.910. The Balaban J connectivity index is 2.52. The van der Waals surface area contributed by atoms with Crippen molar-refractivity contribution in [1.29, 1.82) is 0 Å². The van der Waals surface area contributed by atoms with Gasteiger partial charge in [0.2, 0.25) is 5.82 Å². The first-order valence-corrected chi connectivity index (χ1v) is 6.74. The number of aromatic nitrogens is 2. The van der Waals surface area contributed by atoms with Crippen LogP contribution < -0.4 is 0 Å². The number of carboxylic acid groups (broad SMARTS) is 1. The van der Waals surface area contributed by atoms with Crippen molar-refractivity contribution in [2.75, 3.05) is 6.61 Å². The van der Waals surface area contributed by atoms with E-state index in [0.717, 1.165) is 5.56 Å². The number of rotatable bonds is 5. The maximum Gasteiger partial charge on any atom is 0.336 e. The maximum atomic E-state index is 11.5. The summed E-state index contributed by atoms with van der Waals surface area (Å²) in [6.45, 7) is 7.79. The lowest BCUT2D eigenvalue weighted by molar-refractivity contribution is 0.0682. The van der Waals surface area contributed by atoms with Crippen molar-refractivity contribution in [3.8, 4) is 11.5 Å². The van der Waals surface area contributed by atoms with E-state index in [4.69, 9.17) is 9.26 Å². The van der Waals surface area contributed by atoms with E-state index < -0.39 is 5.97 Å².